The molecule has 0 amide bonds. The molecule has 0 saturated heterocycles. The van der Waals surface area contributed by atoms with Crippen molar-refractivity contribution < 1.29 is 41.1 Å². The molecule has 0 atom stereocenters. The first-order valence-electron chi connectivity index (χ1n) is 5.27. The van der Waals surface area contributed by atoms with Gasteiger partial charge in [0.05, 0.1) is 4.90 Å². The van der Waals surface area contributed by atoms with Crippen molar-refractivity contribution in [2.24, 2.45) is 0 Å². The van der Waals surface area contributed by atoms with Crippen LogP contribution in [-0.2, 0) is 42.5 Å². The van der Waals surface area contributed by atoms with E-state index in [4.69, 9.17) is 0 Å². The molecule has 95 valence electrons. The van der Waals surface area contributed by atoms with Crippen LogP contribution >= 0.6 is 0 Å². The number of hydrogen-bond acceptors (Lipinski definition) is 2. The first-order chi connectivity index (χ1) is 7.90. The molecule has 2 nitrogen and oxygen atoms in total. The summed E-state index contributed by atoms with van der Waals surface area (Å²) in [5, 5.41) is 0. The Balaban J connectivity index is 0.00000289. The molecule has 0 fully saturated rings. The van der Waals surface area contributed by atoms with E-state index >= 15 is 0 Å². The van der Waals surface area contributed by atoms with Crippen LogP contribution in [0.5, 0.6) is 0 Å². The molecule has 0 heterocycles. The van der Waals surface area contributed by atoms with Crippen molar-refractivity contribution in [3.8, 4) is 0 Å². The van der Waals surface area contributed by atoms with Crippen molar-refractivity contribution >= 4 is 15.4 Å². The third-order valence-corrected chi connectivity index (χ3v) is 3.70. The monoisotopic (exact) mass is 337 g/mol. The molecule has 1 radical (unpaired) electrons. The van der Waals surface area contributed by atoms with Crippen molar-refractivity contribution in [2.45, 2.75) is 25.7 Å². The van der Waals surface area contributed by atoms with Crippen LogP contribution in [0.2, 0.25) is 0 Å². The molecule has 0 unspecified atom stereocenters. The number of hydrogen-bond donors (Lipinski definition) is 0. The standard InChI is InChI=1S/C14H16O2S.Y/c1-5-11(3)14(6-2)12-7-9-13(10-8-12)17(4,15)16;/h7-10H,1-4H3;/q-2;. The largest absolute Gasteiger partial charge is 0.344 e. The second kappa shape index (κ2) is 7.37. The quantitative estimate of drug-likeness (QED) is 0.628. The predicted octanol–water partition coefficient (Wildman–Crippen LogP) is 3.06. The van der Waals surface area contributed by atoms with Crippen LogP contribution in [-0.4, -0.2) is 14.7 Å². The van der Waals surface area contributed by atoms with Crippen molar-refractivity contribution in [1.29, 1.82) is 0 Å². The van der Waals surface area contributed by atoms with Crippen LogP contribution in [0.15, 0.2) is 34.7 Å². The molecule has 0 bridgehead atoms. The van der Waals surface area contributed by atoms with Gasteiger partial charge in [0.25, 0.3) is 0 Å². The predicted molar refractivity (Wildman–Crippen MR) is 70.0 cm³/mol. The zero-order valence-electron chi connectivity index (χ0n) is 11.1. The SMILES string of the molecule is C[C-]=C(C)C(=[C-]C)c1ccc(S(C)(=O)=O)cc1.[Y]. The maximum Gasteiger partial charge on any atom is 0.175 e. The normalized spacial score (nSPS) is 13.1. The van der Waals surface area contributed by atoms with E-state index in [1.54, 1.807) is 24.3 Å². The summed E-state index contributed by atoms with van der Waals surface area (Å²) >= 11 is 0. The van der Waals surface area contributed by atoms with Gasteiger partial charge < -0.3 is 23.3 Å². The molecular formula is C14H16O2SY-2. The van der Waals surface area contributed by atoms with E-state index in [-0.39, 0.29) is 32.7 Å². The Labute approximate surface area is 135 Å². The van der Waals surface area contributed by atoms with Gasteiger partial charge in [0.2, 0.25) is 0 Å². The molecule has 18 heavy (non-hydrogen) atoms. The Morgan fingerprint density at radius 1 is 1.06 bits per heavy atom. The Hall–Kier alpha value is -0.246. The molecule has 0 aliphatic heterocycles. The van der Waals surface area contributed by atoms with E-state index < -0.39 is 9.84 Å². The third kappa shape index (κ3) is 4.45. The summed E-state index contributed by atoms with van der Waals surface area (Å²) in [7, 11) is -3.13. The van der Waals surface area contributed by atoms with E-state index in [2.05, 4.69) is 12.2 Å². The molecule has 0 aliphatic rings. The summed E-state index contributed by atoms with van der Waals surface area (Å²) < 4.78 is 22.7. The van der Waals surface area contributed by atoms with Gasteiger partial charge in [-0.25, -0.2) is 14.0 Å². The van der Waals surface area contributed by atoms with Gasteiger partial charge in [0.1, 0.15) is 0 Å². The number of sulfone groups is 1. The van der Waals surface area contributed by atoms with Gasteiger partial charge in [-0.2, -0.15) is 0 Å². The maximum atomic E-state index is 11.3. The van der Waals surface area contributed by atoms with Crippen LogP contribution in [0.3, 0.4) is 0 Å². The summed E-state index contributed by atoms with van der Waals surface area (Å²) in [6, 6.07) is 6.82. The Bertz CT molecular complexity index is 552. The first-order valence-corrected chi connectivity index (χ1v) is 7.16. The molecule has 4 heteroatoms. The van der Waals surface area contributed by atoms with Crippen LogP contribution in [0, 0.1) is 12.2 Å². The van der Waals surface area contributed by atoms with Gasteiger partial charge in [0, 0.05) is 39.0 Å². The van der Waals surface area contributed by atoms with E-state index in [9.17, 15) is 8.42 Å². The summed E-state index contributed by atoms with van der Waals surface area (Å²) in [6.07, 6.45) is 7.36. The fourth-order valence-corrected chi connectivity index (χ4v) is 2.17. The minimum absolute atomic E-state index is 0. The van der Waals surface area contributed by atoms with Crippen molar-refractivity contribution in [3.63, 3.8) is 0 Å². The van der Waals surface area contributed by atoms with Gasteiger partial charge in [0.15, 0.2) is 9.84 Å². The fraction of sp³-hybridized carbons (Fsp3) is 0.286. The van der Waals surface area contributed by atoms with Crippen LogP contribution in [0.1, 0.15) is 26.3 Å². The van der Waals surface area contributed by atoms with Gasteiger partial charge in [-0.05, 0) is 0 Å². The number of rotatable bonds is 3. The topological polar surface area (TPSA) is 34.1 Å². The third-order valence-electron chi connectivity index (χ3n) is 2.57. The molecule has 0 saturated carbocycles. The average molecular weight is 337 g/mol. The average Bonchev–Trinajstić information content (AvgIpc) is 2.29. The Morgan fingerprint density at radius 2 is 1.56 bits per heavy atom. The van der Waals surface area contributed by atoms with Crippen molar-refractivity contribution in [1.82, 2.24) is 0 Å². The number of allylic oxidation sites excluding steroid dienone is 4. The molecular weight excluding hydrogens is 321 g/mol. The van der Waals surface area contributed by atoms with E-state index in [0.717, 1.165) is 16.7 Å². The molecule has 0 spiro atoms. The van der Waals surface area contributed by atoms with E-state index in [1.807, 2.05) is 20.8 Å². The van der Waals surface area contributed by atoms with Crippen LogP contribution in [0.25, 0.3) is 5.57 Å². The number of benzene rings is 1. The molecule has 1 rings (SSSR count). The Kier molecular flexibility index (Phi) is 7.27. The zero-order chi connectivity index (χ0) is 13.1. The van der Waals surface area contributed by atoms with Crippen molar-refractivity contribution in [2.75, 3.05) is 6.26 Å². The van der Waals surface area contributed by atoms with E-state index in [0.29, 0.717) is 4.90 Å². The summed E-state index contributed by atoms with van der Waals surface area (Å²) in [4.78, 5) is 0.332. The molecule has 1 aromatic carbocycles. The minimum atomic E-state index is -3.13. The van der Waals surface area contributed by atoms with Crippen molar-refractivity contribution in [3.05, 3.63) is 47.6 Å². The molecule has 0 aromatic heterocycles. The first kappa shape index (κ1) is 17.8. The zero-order valence-corrected chi connectivity index (χ0v) is 14.8. The van der Waals surface area contributed by atoms with Crippen LogP contribution < -0.4 is 0 Å². The van der Waals surface area contributed by atoms with Gasteiger partial charge in [-0.15, -0.1) is 32.9 Å². The maximum absolute atomic E-state index is 11.3. The minimum Gasteiger partial charge on any atom is -0.344 e. The second-order valence-electron chi connectivity index (χ2n) is 3.80. The summed E-state index contributed by atoms with van der Waals surface area (Å²) in [5.41, 5.74) is 2.90. The summed E-state index contributed by atoms with van der Waals surface area (Å²) in [5.74, 6) is 0. The Morgan fingerprint density at radius 3 is 1.89 bits per heavy atom. The summed E-state index contributed by atoms with van der Waals surface area (Å²) in [6.45, 7) is 5.63. The molecule has 0 N–H and O–H groups in total. The smallest absolute Gasteiger partial charge is 0.175 e. The van der Waals surface area contributed by atoms with Crippen LogP contribution in [0.4, 0.5) is 0 Å². The van der Waals surface area contributed by atoms with E-state index in [1.165, 1.54) is 6.26 Å². The van der Waals surface area contributed by atoms with Gasteiger partial charge in [-0.1, -0.05) is 12.1 Å². The fourth-order valence-electron chi connectivity index (χ4n) is 1.54. The second-order valence-corrected chi connectivity index (χ2v) is 5.81. The van der Waals surface area contributed by atoms with Gasteiger partial charge in [-0.3, -0.25) is 0 Å². The van der Waals surface area contributed by atoms with Gasteiger partial charge >= 0.3 is 0 Å². The molecule has 1 aromatic rings. The molecule has 0 aliphatic carbocycles.